The van der Waals surface area contributed by atoms with Crippen LogP contribution in [0.1, 0.15) is 25.5 Å². The van der Waals surface area contributed by atoms with E-state index in [1.54, 1.807) is 34.7 Å². The molecule has 0 aliphatic rings. The van der Waals surface area contributed by atoms with E-state index in [1.807, 2.05) is 6.92 Å². The zero-order valence-electron chi connectivity index (χ0n) is 14.7. The molecule has 0 radical (unpaired) electrons. The average Bonchev–Trinajstić information content (AvgIpc) is 3.00. The Bertz CT molecular complexity index is 983. The SMILES string of the molecule is CCCCOC(=O)Cc1c(-c2ccc(Cl)cc2)nc2ccc([N+](=O)[O-])cn12. The van der Waals surface area contributed by atoms with Crippen LogP contribution < -0.4 is 0 Å². The summed E-state index contributed by atoms with van der Waals surface area (Å²) in [6, 6.07) is 10.00. The van der Waals surface area contributed by atoms with Crippen LogP contribution in [0.25, 0.3) is 16.9 Å². The fourth-order valence-corrected chi connectivity index (χ4v) is 2.84. The highest BCUT2D eigenvalue weighted by Gasteiger charge is 2.20. The number of hydrogen-bond donors (Lipinski definition) is 0. The third-order valence-corrected chi connectivity index (χ3v) is 4.36. The van der Waals surface area contributed by atoms with Gasteiger partial charge in [-0.05, 0) is 24.6 Å². The average molecular weight is 388 g/mol. The number of nitrogens with zero attached hydrogens (tertiary/aromatic N) is 3. The van der Waals surface area contributed by atoms with Crippen LogP contribution in [0, 0.1) is 10.1 Å². The minimum Gasteiger partial charge on any atom is -0.465 e. The molecule has 0 saturated carbocycles. The number of rotatable bonds is 7. The standard InChI is InChI=1S/C19H18ClN3O4/c1-2-3-10-27-18(24)11-16-19(13-4-6-14(20)7-5-13)21-17-9-8-15(23(25)26)12-22(16)17/h4-9,12H,2-3,10-11H2,1H3. The highest BCUT2D eigenvalue weighted by Crippen LogP contribution is 2.28. The van der Waals surface area contributed by atoms with Crippen molar-refractivity contribution in [2.75, 3.05) is 6.61 Å². The van der Waals surface area contributed by atoms with Crippen molar-refractivity contribution in [3.63, 3.8) is 0 Å². The number of hydrogen-bond acceptors (Lipinski definition) is 5. The van der Waals surface area contributed by atoms with Gasteiger partial charge in [0.15, 0.2) is 0 Å². The Hall–Kier alpha value is -2.93. The minimum absolute atomic E-state index is 0.0377. The predicted molar refractivity (Wildman–Crippen MR) is 102 cm³/mol. The molecule has 8 heteroatoms. The summed E-state index contributed by atoms with van der Waals surface area (Å²) in [4.78, 5) is 27.5. The van der Waals surface area contributed by atoms with E-state index in [0.717, 1.165) is 18.4 Å². The maximum Gasteiger partial charge on any atom is 0.311 e. The van der Waals surface area contributed by atoms with E-state index in [1.165, 1.54) is 12.3 Å². The molecule has 1 aromatic carbocycles. The van der Waals surface area contributed by atoms with Gasteiger partial charge in [0.1, 0.15) is 5.65 Å². The van der Waals surface area contributed by atoms with E-state index in [-0.39, 0.29) is 12.1 Å². The lowest BCUT2D eigenvalue weighted by Crippen LogP contribution is -2.11. The summed E-state index contributed by atoms with van der Waals surface area (Å²) in [6.07, 6.45) is 3.04. The number of nitro groups is 1. The normalized spacial score (nSPS) is 10.9. The second-order valence-corrected chi connectivity index (χ2v) is 6.47. The number of pyridine rings is 1. The van der Waals surface area contributed by atoms with Crippen molar-refractivity contribution in [1.82, 2.24) is 9.38 Å². The number of fused-ring (bicyclic) bond motifs is 1. The summed E-state index contributed by atoms with van der Waals surface area (Å²) in [6.45, 7) is 2.36. The molecule has 0 aliphatic heterocycles. The summed E-state index contributed by atoms with van der Waals surface area (Å²) in [5.41, 5.74) is 2.31. The summed E-state index contributed by atoms with van der Waals surface area (Å²) in [5, 5.41) is 11.7. The Labute approximate surface area is 160 Å². The van der Waals surface area contributed by atoms with Gasteiger partial charge in [0, 0.05) is 16.7 Å². The van der Waals surface area contributed by atoms with Gasteiger partial charge in [-0.2, -0.15) is 0 Å². The van der Waals surface area contributed by atoms with Gasteiger partial charge in [-0.15, -0.1) is 0 Å². The third-order valence-electron chi connectivity index (χ3n) is 4.10. The molecule has 0 spiro atoms. The number of unbranched alkanes of at least 4 members (excludes halogenated alkanes) is 1. The molecule has 7 nitrogen and oxygen atoms in total. The lowest BCUT2D eigenvalue weighted by atomic mass is 10.1. The Balaban J connectivity index is 2.06. The van der Waals surface area contributed by atoms with Crippen LogP contribution in [0.3, 0.4) is 0 Å². The molecule has 0 atom stereocenters. The Morgan fingerprint density at radius 1 is 1.26 bits per heavy atom. The van der Waals surface area contributed by atoms with Gasteiger partial charge in [-0.25, -0.2) is 4.98 Å². The maximum atomic E-state index is 12.3. The first kappa shape index (κ1) is 18.8. The molecule has 140 valence electrons. The van der Waals surface area contributed by atoms with Crippen LogP contribution in [0.4, 0.5) is 5.69 Å². The predicted octanol–water partition coefficient (Wildman–Crippen LogP) is 4.45. The van der Waals surface area contributed by atoms with Gasteiger partial charge in [0.2, 0.25) is 0 Å². The van der Waals surface area contributed by atoms with E-state index in [9.17, 15) is 14.9 Å². The number of ether oxygens (including phenoxy) is 1. The van der Waals surface area contributed by atoms with Crippen LogP contribution in [-0.2, 0) is 16.0 Å². The summed E-state index contributed by atoms with van der Waals surface area (Å²) in [7, 11) is 0. The Kier molecular flexibility index (Phi) is 5.71. The van der Waals surface area contributed by atoms with E-state index in [2.05, 4.69) is 4.98 Å². The molecular formula is C19H18ClN3O4. The fraction of sp³-hybridized carbons (Fsp3) is 0.263. The summed E-state index contributed by atoms with van der Waals surface area (Å²) in [5.74, 6) is -0.396. The van der Waals surface area contributed by atoms with Crippen LogP contribution in [0.15, 0.2) is 42.6 Å². The molecule has 2 heterocycles. The largest absolute Gasteiger partial charge is 0.465 e. The molecule has 0 bridgehead atoms. The van der Waals surface area contributed by atoms with Crippen LogP contribution in [-0.4, -0.2) is 26.9 Å². The zero-order valence-corrected chi connectivity index (χ0v) is 15.5. The van der Waals surface area contributed by atoms with Crippen LogP contribution >= 0.6 is 11.6 Å². The molecule has 0 N–H and O–H groups in total. The highest BCUT2D eigenvalue weighted by atomic mass is 35.5. The van der Waals surface area contributed by atoms with E-state index < -0.39 is 10.9 Å². The van der Waals surface area contributed by atoms with Crippen molar-refractivity contribution < 1.29 is 14.5 Å². The number of esters is 1. The Morgan fingerprint density at radius 3 is 2.67 bits per heavy atom. The number of halogens is 1. The quantitative estimate of drug-likeness (QED) is 0.259. The smallest absolute Gasteiger partial charge is 0.311 e. The fourth-order valence-electron chi connectivity index (χ4n) is 2.72. The molecule has 0 amide bonds. The highest BCUT2D eigenvalue weighted by molar-refractivity contribution is 6.30. The van der Waals surface area contributed by atoms with E-state index in [0.29, 0.717) is 28.7 Å². The molecule has 0 fully saturated rings. The second-order valence-electron chi connectivity index (χ2n) is 6.04. The topological polar surface area (TPSA) is 86.7 Å². The number of aromatic nitrogens is 2. The lowest BCUT2D eigenvalue weighted by molar-refractivity contribution is -0.385. The van der Waals surface area contributed by atoms with Crippen molar-refractivity contribution in [2.45, 2.75) is 26.2 Å². The van der Waals surface area contributed by atoms with Crippen LogP contribution in [0.5, 0.6) is 0 Å². The lowest BCUT2D eigenvalue weighted by Gasteiger charge is -2.07. The number of carbonyl (C=O) groups excluding carboxylic acids is 1. The first-order valence-corrected chi connectivity index (χ1v) is 8.94. The number of imidazole rings is 1. The molecule has 27 heavy (non-hydrogen) atoms. The molecule has 2 aromatic heterocycles. The van der Waals surface area contributed by atoms with Gasteiger partial charge in [-0.3, -0.25) is 19.3 Å². The van der Waals surface area contributed by atoms with Gasteiger partial charge >= 0.3 is 5.97 Å². The molecule has 0 unspecified atom stereocenters. The van der Waals surface area contributed by atoms with Gasteiger partial charge in [0.25, 0.3) is 5.69 Å². The first-order valence-electron chi connectivity index (χ1n) is 8.56. The third kappa shape index (κ3) is 4.25. The van der Waals surface area contributed by atoms with Gasteiger partial charge in [-0.1, -0.05) is 37.1 Å². The summed E-state index contributed by atoms with van der Waals surface area (Å²) < 4.78 is 6.83. The van der Waals surface area contributed by atoms with Gasteiger partial charge in [0.05, 0.1) is 35.5 Å². The zero-order chi connectivity index (χ0) is 19.4. The molecular weight excluding hydrogens is 370 g/mol. The second kappa shape index (κ2) is 8.18. The minimum atomic E-state index is -0.481. The molecule has 0 aliphatic carbocycles. The van der Waals surface area contributed by atoms with Crippen LogP contribution in [0.2, 0.25) is 5.02 Å². The van der Waals surface area contributed by atoms with E-state index in [4.69, 9.17) is 16.3 Å². The summed E-state index contributed by atoms with van der Waals surface area (Å²) >= 11 is 5.95. The number of carbonyl (C=O) groups is 1. The first-order chi connectivity index (χ1) is 13.0. The monoisotopic (exact) mass is 387 g/mol. The van der Waals surface area contributed by atoms with Gasteiger partial charge < -0.3 is 4.74 Å². The van der Waals surface area contributed by atoms with Crippen molar-refractivity contribution in [2.24, 2.45) is 0 Å². The van der Waals surface area contributed by atoms with Crippen molar-refractivity contribution >= 4 is 28.9 Å². The van der Waals surface area contributed by atoms with Crippen molar-refractivity contribution in [3.8, 4) is 11.3 Å². The van der Waals surface area contributed by atoms with Crippen molar-refractivity contribution in [1.29, 1.82) is 0 Å². The molecule has 3 rings (SSSR count). The molecule has 3 aromatic rings. The Morgan fingerprint density at radius 2 is 2.00 bits per heavy atom. The number of benzene rings is 1. The maximum absolute atomic E-state index is 12.3. The van der Waals surface area contributed by atoms with Crippen molar-refractivity contribution in [3.05, 3.63) is 63.4 Å². The van der Waals surface area contributed by atoms with E-state index >= 15 is 0 Å². The molecule has 0 saturated heterocycles.